The van der Waals surface area contributed by atoms with Crippen molar-refractivity contribution in [2.75, 3.05) is 0 Å². The molecule has 3 rings (SSSR count). The summed E-state index contributed by atoms with van der Waals surface area (Å²) >= 11 is 5.72. The molecule has 18 heavy (non-hydrogen) atoms. The predicted octanol–water partition coefficient (Wildman–Crippen LogP) is 2.85. The van der Waals surface area contributed by atoms with Crippen LogP contribution < -0.4 is 0 Å². The van der Waals surface area contributed by atoms with Gasteiger partial charge in [0.25, 0.3) is 5.89 Å². The van der Waals surface area contributed by atoms with E-state index in [4.69, 9.17) is 16.1 Å². The molecule has 3 heterocycles. The van der Waals surface area contributed by atoms with Crippen LogP contribution in [-0.4, -0.2) is 20.1 Å². The van der Waals surface area contributed by atoms with E-state index in [0.29, 0.717) is 16.9 Å². The van der Waals surface area contributed by atoms with E-state index in [1.807, 2.05) is 12.1 Å². The topological polar surface area (TPSA) is 64.7 Å². The number of rotatable bonds is 2. The van der Waals surface area contributed by atoms with E-state index < -0.39 is 0 Å². The molecule has 0 amide bonds. The predicted molar refractivity (Wildman–Crippen MR) is 65.8 cm³/mol. The summed E-state index contributed by atoms with van der Waals surface area (Å²) in [7, 11) is 0. The normalized spacial score (nSPS) is 10.5. The number of nitrogens with zero attached hydrogens (tertiary/aromatic N) is 4. The monoisotopic (exact) mass is 258 g/mol. The molecule has 88 valence electrons. The van der Waals surface area contributed by atoms with E-state index >= 15 is 0 Å². The fraction of sp³-hybridized carbons (Fsp3) is 0. The second-order valence-corrected chi connectivity index (χ2v) is 3.92. The molecule has 6 heteroatoms. The van der Waals surface area contributed by atoms with E-state index in [-0.39, 0.29) is 0 Å². The lowest BCUT2D eigenvalue weighted by Gasteiger charge is -1.92. The largest absolute Gasteiger partial charge is 0.334 e. The summed E-state index contributed by atoms with van der Waals surface area (Å²) in [5.74, 6) is 0.924. The van der Waals surface area contributed by atoms with Gasteiger partial charge in [-0.25, -0.2) is 4.98 Å². The van der Waals surface area contributed by atoms with Crippen molar-refractivity contribution < 1.29 is 4.52 Å². The Morgan fingerprint density at radius 1 is 1.00 bits per heavy atom. The minimum absolute atomic E-state index is 0.408. The van der Waals surface area contributed by atoms with Gasteiger partial charge in [-0.05, 0) is 24.3 Å². The third-order valence-electron chi connectivity index (χ3n) is 2.34. The van der Waals surface area contributed by atoms with E-state index in [0.717, 1.165) is 11.1 Å². The second kappa shape index (κ2) is 4.54. The zero-order valence-corrected chi connectivity index (χ0v) is 9.87. The van der Waals surface area contributed by atoms with Gasteiger partial charge in [0.1, 0.15) is 5.15 Å². The molecule has 0 aliphatic carbocycles. The Balaban J connectivity index is 1.97. The van der Waals surface area contributed by atoms with Crippen LogP contribution in [0.2, 0.25) is 5.15 Å². The Labute approximate surface area is 107 Å². The van der Waals surface area contributed by atoms with Crippen LogP contribution in [0.25, 0.3) is 22.8 Å². The lowest BCUT2D eigenvalue weighted by atomic mass is 10.2. The van der Waals surface area contributed by atoms with Gasteiger partial charge in [-0.15, -0.1) is 0 Å². The fourth-order valence-corrected chi connectivity index (χ4v) is 1.57. The Kier molecular flexibility index (Phi) is 2.74. The highest BCUT2D eigenvalue weighted by Crippen LogP contribution is 2.21. The van der Waals surface area contributed by atoms with Crippen LogP contribution in [0.4, 0.5) is 0 Å². The highest BCUT2D eigenvalue weighted by Gasteiger charge is 2.10. The van der Waals surface area contributed by atoms with Crippen molar-refractivity contribution in [2.24, 2.45) is 0 Å². The van der Waals surface area contributed by atoms with Crippen LogP contribution in [0.15, 0.2) is 47.4 Å². The third-order valence-corrected chi connectivity index (χ3v) is 2.56. The third kappa shape index (κ3) is 2.08. The Morgan fingerprint density at radius 2 is 1.83 bits per heavy atom. The summed E-state index contributed by atoms with van der Waals surface area (Å²) in [6, 6.07) is 7.08. The molecule has 0 aliphatic rings. The van der Waals surface area contributed by atoms with Gasteiger partial charge in [0.2, 0.25) is 5.82 Å². The van der Waals surface area contributed by atoms with Gasteiger partial charge in [0.15, 0.2) is 0 Å². The van der Waals surface area contributed by atoms with Crippen molar-refractivity contribution in [1.82, 2.24) is 20.1 Å². The van der Waals surface area contributed by atoms with Crippen LogP contribution in [0.3, 0.4) is 0 Å². The van der Waals surface area contributed by atoms with Crippen molar-refractivity contribution in [1.29, 1.82) is 0 Å². The van der Waals surface area contributed by atoms with Crippen molar-refractivity contribution >= 4 is 11.6 Å². The molecule has 0 aromatic carbocycles. The van der Waals surface area contributed by atoms with E-state index in [9.17, 15) is 0 Å². The number of pyridine rings is 2. The zero-order valence-electron chi connectivity index (χ0n) is 9.12. The number of hydrogen-bond donors (Lipinski definition) is 0. The first kappa shape index (κ1) is 10.9. The Morgan fingerprint density at radius 3 is 2.56 bits per heavy atom. The summed E-state index contributed by atoms with van der Waals surface area (Å²) in [5, 5.41) is 4.33. The van der Waals surface area contributed by atoms with Gasteiger partial charge in [-0.2, -0.15) is 4.98 Å². The van der Waals surface area contributed by atoms with Crippen LogP contribution in [-0.2, 0) is 0 Å². The summed E-state index contributed by atoms with van der Waals surface area (Å²) in [6.07, 6.45) is 4.94. The minimum atomic E-state index is 0.408. The summed E-state index contributed by atoms with van der Waals surface area (Å²) < 4.78 is 5.18. The molecule has 5 nitrogen and oxygen atoms in total. The van der Waals surface area contributed by atoms with Crippen LogP contribution in [0.1, 0.15) is 0 Å². The molecule has 3 aromatic heterocycles. The zero-order chi connectivity index (χ0) is 12.4. The van der Waals surface area contributed by atoms with Gasteiger partial charge >= 0.3 is 0 Å². The SMILES string of the molecule is Clc1ccc(-c2nc(-c3ccncc3)no2)cn1. The first-order chi connectivity index (χ1) is 8.83. The smallest absolute Gasteiger partial charge is 0.259 e. The lowest BCUT2D eigenvalue weighted by molar-refractivity contribution is 0.432. The molecule has 0 spiro atoms. The first-order valence-corrected chi connectivity index (χ1v) is 5.57. The molecular weight excluding hydrogens is 252 g/mol. The number of aromatic nitrogens is 4. The van der Waals surface area contributed by atoms with Crippen LogP contribution >= 0.6 is 11.6 Å². The molecule has 0 fully saturated rings. The molecule has 0 saturated carbocycles. The van der Waals surface area contributed by atoms with Crippen molar-refractivity contribution in [2.45, 2.75) is 0 Å². The Bertz CT molecular complexity index is 651. The standard InChI is InChI=1S/C12H7ClN4O/c13-10-2-1-9(7-15-10)12-16-11(17-18-12)8-3-5-14-6-4-8/h1-7H. The molecular formula is C12H7ClN4O. The second-order valence-electron chi connectivity index (χ2n) is 3.53. The quantitative estimate of drug-likeness (QED) is 0.661. The summed E-state index contributed by atoms with van der Waals surface area (Å²) in [5.41, 5.74) is 1.58. The molecule has 0 atom stereocenters. The van der Waals surface area contributed by atoms with Gasteiger partial charge < -0.3 is 4.52 Å². The maximum absolute atomic E-state index is 5.72. The number of halogens is 1. The lowest BCUT2D eigenvalue weighted by Crippen LogP contribution is -1.82. The van der Waals surface area contributed by atoms with Crippen LogP contribution in [0, 0.1) is 0 Å². The maximum atomic E-state index is 5.72. The molecule has 0 unspecified atom stereocenters. The minimum Gasteiger partial charge on any atom is -0.334 e. The first-order valence-electron chi connectivity index (χ1n) is 5.19. The van der Waals surface area contributed by atoms with Gasteiger partial charge in [-0.1, -0.05) is 16.8 Å². The fourth-order valence-electron chi connectivity index (χ4n) is 1.46. The van der Waals surface area contributed by atoms with E-state index in [1.165, 1.54) is 0 Å². The van der Waals surface area contributed by atoms with Gasteiger partial charge in [0.05, 0.1) is 5.56 Å². The van der Waals surface area contributed by atoms with Gasteiger partial charge in [-0.3, -0.25) is 4.98 Å². The van der Waals surface area contributed by atoms with E-state index in [2.05, 4.69) is 20.1 Å². The highest BCUT2D eigenvalue weighted by molar-refractivity contribution is 6.29. The molecule has 3 aromatic rings. The molecule has 0 N–H and O–H groups in total. The maximum Gasteiger partial charge on any atom is 0.259 e. The number of hydrogen-bond acceptors (Lipinski definition) is 5. The Hall–Kier alpha value is -2.27. The van der Waals surface area contributed by atoms with Crippen molar-refractivity contribution in [3.63, 3.8) is 0 Å². The van der Waals surface area contributed by atoms with Crippen molar-refractivity contribution in [3.8, 4) is 22.8 Å². The molecule has 0 aliphatic heterocycles. The molecule has 0 bridgehead atoms. The summed E-state index contributed by atoms with van der Waals surface area (Å²) in [6.45, 7) is 0. The van der Waals surface area contributed by atoms with E-state index in [1.54, 1.807) is 30.7 Å². The van der Waals surface area contributed by atoms with Crippen LogP contribution in [0.5, 0.6) is 0 Å². The average Bonchev–Trinajstić information content (AvgIpc) is 2.90. The average molecular weight is 259 g/mol. The molecule has 0 saturated heterocycles. The highest BCUT2D eigenvalue weighted by atomic mass is 35.5. The molecule has 0 radical (unpaired) electrons. The van der Waals surface area contributed by atoms with Crippen molar-refractivity contribution in [3.05, 3.63) is 48.0 Å². The summed E-state index contributed by atoms with van der Waals surface area (Å²) in [4.78, 5) is 12.2. The van der Waals surface area contributed by atoms with Gasteiger partial charge in [0, 0.05) is 24.2 Å².